The van der Waals surface area contributed by atoms with Crippen LogP contribution in [0.2, 0.25) is 0 Å². The second-order valence-corrected chi connectivity index (χ2v) is 12.3. The van der Waals surface area contributed by atoms with Gasteiger partial charge in [0.25, 0.3) is 0 Å². The minimum atomic E-state index is -3.82. The second kappa shape index (κ2) is 12.7. The van der Waals surface area contributed by atoms with Crippen molar-refractivity contribution < 1.29 is 44.6 Å². The van der Waals surface area contributed by atoms with Gasteiger partial charge < -0.3 is 15.2 Å². The van der Waals surface area contributed by atoms with Crippen LogP contribution in [0.1, 0.15) is 39.0 Å². The van der Waals surface area contributed by atoms with E-state index in [2.05, 4.69) is 14.8 Å². The van der Waals surface area contributed by atoms with Gasteiger partial charge >= 0.3 is 6.61 Å². The number of hydrogen-bond donors (Lipinski definition) is 1. The lowest BCUT2D eigenvalue weighted by Gasteiger charge is -2.13. The molecule has 5 rings (SSSR count). The number of ether oxygens (including phenoxy) is 2. The smallest absolute Gasteiger partial charge is 0.387 e. The Kier molecular flexibility index (Phi) is 8.91. The van der Waals surface area contributed by atoms with Crippen LogP contribution in [0.25, 0.3) is 11.8 Å². The number of carbonyl (C=O) groups is 1. The van der Waals surface area contributed by atoms with Crippen LogP contribution in [0, 0.1) is 18.6 Å². The van der Waals surface area contributed by atoms with Crippen LogP contribution in [0.3, 0.4) is 0 Å². The largest absolute Gasteiger partial charge is 0.434 e. The van der Waals surface area contributed by atoms with Crippen molar-refractivity contribution in [3.8, 4) is 23.1 Å². The average Bonchev–Trinajstić information content (AvgIpc) is 3.56. The van der Waals surface area contributed by atoms with Crippen molar-refractivity contribution in [3.05, 3.63) is 93.8 Å². The molecule has 0 bridgehead atoms. The number of nitrogens with two attached hydrogens (primary N) is 1. The zero-order valence-corrected chi connectivity index (χ0v) is 24.4. The van der Waals surface area contributed by atoms with Crippen LogP contribution < -0.4 is 15.2 Å². The van der Waals surface area contributed by atoms with E-state index in [-0.39, 0.29) is 47.0 Å². The summed E-state index contributed by atoms with van der Waals surface area (Å²) in [4.78, 5) is 17.6. The molecule has 236 valence electrons. The summed E-state index contributed by atoms with van der Waals surface area (Å²) in [5, 5.41) is 4.20. The molecule has 0 unspecified atom stereocenters. The Bertz CT molecular complexity index is 1910. The molecule has 4 aromatic rings. The summed E-state index contributed by atoms with van der Waals surface area (Å²) in [7, 11) is -3.82. The fourth-order valence-electron chi connectivity index (χ4n) is 4.85. The number of anilines is 1. The van der Waals surface area contributed by atoms with E-state index in [1.165, 1.54) is 47.4 Å². The van der Waals surface area contributed by atoms with E-state index in [4.69, 9.17) is 10.5 Å². The summed E-state index contributed by atoms with van der Waals surface area (Å²) in [5.74, 6) is -4.55. The molecule has 2 N–H and O–H groups in total. The quantitative estimate of drug-likeness (QED) is 0.148. The summed E-state index contributed by atoms with van der Waals surface area (Å²) in [6, 6.07) is 7.31. The van der Waals surface area contributed by atoms with Gasteiger partial charge in [0.1, 0.15) is 11.6 Å². The highest BCUT2D eigenvalue weighted by atomic mass is 32.2. The Balaban J connectivity index is 1.38. The molecule has 0 aliphatic heterocycles. The number of sulfone groups is 1. The highest BCUT2D eigenvalue weighted by molar-refractivity contribution is 7.90. The van der Waals surface area contributed by atoms with Crippen LogP contribution in [-0.2, 0) is 22.0 Å². The summed E-state index contributed by atoms with van der Waals surface area (Å²) in [6.07, 6.45) is 3.84. The third kappa shape index (κ3) is 6.82. The van der Waals surface area contributed by atoms with Gasteiger partial charge in [0.05, 0.1) is 41.8 Å². The number of halogens is 5. The Morgan fingerprint density at radius 3 is 2.53 bits per heavy atom. The van der Waals surface area contributed by atoms with E-state index in [1.807, 2.05) is 0 Å². The maximum Gasteiger partial charge on any atom is 0.387 e. The number of para-hydroxylation sites is 1. The van der Waals surface area contributed by atoms with Crippen molar-refractivity contribution in [1.82, 2.24) is 14.8 Å². The van der Waals surface area contributed by atoms with Gasteiger partial charge in [0, 0.05) is 23.6 Å². The van der Waals surface area contributed by atoms with Crippen LogP contribution in [-0.4, -0.2) is 48.0 Å². The Labute approximate surface area is 254 Å². The number of nitrogens with zero attached hydrogens (tertiary/aromatic N) is 3. The number of allylic oxidation sites excluding steroid dienone is 1. The molecule has 2 aromatic heterocycles. The van der Waals surface area contributed by atoms with Crippen molar-refractivity contribution in [3.63, 3.8) is 0 Å². The summed E-state index contributed by atoms with van der Waals surface area (Å²) in [5.41, 5.74) is 8.26. The van der Waals surface area contributed by atoms with E-state index in [0.717, 1.165) is 12.1 Å². The van der Waals surface area contributed by atoms with Crippen molar-refractivity contribution in [2.45, 2.75) is 32.1 Å². The second-order valence-electron chi connectivity index (χ2n) is 10.2. The number of aryl methyl sites for hydroxylation is 1. The van der Waals surface area contributed by atoms with Crippen molar-refractivity contribution >= 4 is 27.5 Å². The summed E-state index contributed by atoms with van der Waals surface area (Å²) < 4.78 is 103. The molecule has 0 saturated heterocycles. The lowest BCUT2D eigenvalue weighted by Crippen LogP contribution is -2.13. The maximum atomic E-state index is 14.0. The number of alkyl halides is 3. The fraction of sp³-hybridized carbons (Fsp3) is 0.233. The molecule has 2 heterocycles. The molecule has 1 aliphatic carbocycles. The molecule has 0 spiro atoms. The number of hydrogen-bond acceptors (Lipinski definition) is 8. The van der Waals surface area contributed by atoms with Gasteiger partial charge in [-0.3, -0.25) is 9.18 Å². The van der Waals surface area contributed by atoms with Crippen LogP contribution in [0.4, 0.5) is 27.8 Å². The lowest BCUT2D eigenvalue weighted by molar-refractivity contribution is -0.0503. The first kappa shape index (κ1) is 31.6. The highest BCUT2D eigenvalue weighted by Gasteiger charge is 2.27. The number of ketones is 1. The third-order valence-corrected chi connectivity index (χ3v) is 8.63. The van der Waals surface area contributed by atoms with Crippen molar-refractivity contribution in [1.29, 1.82) is 0 Å². The Morgan fingerprint density at radius 1 is 1.13 bits per heavy atom. The van der Waals surface area contributed by atoms with Crippen LogP contribution in [0.15, 0.2) is 54.4 Å². The predicted molar refractivity (Wildman–Crippen MR) is 154 cm³/mol. The van der Waals surface area contributed by atoms with E-state index in [0.29, 0.717) is 22.4 Å². The van der Waals surface area contributed by atoms with Gasteiger partial charge in [0.2, 0.25) is 11.6 Å². The molecule has 0 saturated carbocycles. The lowest BCUT2D eigenvalue weighted by atomic mass is 10.0. The van der Waals surface area contributed by atoms with Crippen molar-refractivity contribution in [2.24, 2.45) is 0 Å². The molecule has 1 aliphatic rings. The number of rotatable bonds is 12. The molecule has 45 heavy (non-hydrogen) atoms. The summed E-state index contributed by atoms with van der Waals surface area (Å²) in [6.45, 7) is -2.42. The monoisotopic (exact) mass is 648 g/mol. The molecule has 0 fully saturated rings. The van der Waals surface area contributed by atoms with Gasteiger partial charge in [-0.15, -0.1) is 0 Å². The molecular weight excluding hydrogens is 623 g/mol. The third-order valence-electron chi connectivity index (χ3n) is 6.97. The molecule has 0 amide bonds. The highest BCUT2D eigenvalue weighted by Crippen LogP contribution is 2.36. The molecule has 15 heteroatoms. The number of aromatic nitrogens is 3. The first-order chi connectivity index (χ1) is 21.4. The Hall–Kier alpha value is -4.79. The van der Waals surface area contributed by atoms with Crippen LogP contribution in [0.5, 0.6) is 17.4 Å². The topological polar surface area (TPSA) is 126 Å². The van der Waals surface area contributed by atoms with Gasteiger partial charge in [-0.25, -0.2) is 26.9 Å². The molecule has 9 nitrogen and oxygen atoms in total. The molecule has 2 aromatic carbocycles. The van der Waals surface area contributed by atoms with E-state index < -0.39 is 57.8 Å². The predicted octanol–water partition coefficient (Wildman–Crippen LogP) is 5.93. The zero-order valence-electron chi connectivity index (χ0n) is 23.6. The summed E-state index contributed by atoms with van der Waals surface area (Å²) >= 11 is 0. The SMILES string of the molecule is Cc1cc(Oc2c(F)cccc2F)ncc1-n1ncc(C(=O)C2=Cc3cc(OC(F)F)c(CS(=O)(=O)CCCF)cc3C2)c1N. The first-order valence-electron chi connectivity index (χ1n) is 13.4. The van der Waals surface area contributed by atoms with E-state index in [9.17, 15) is 35.2 Å². The van der Waals surface area contributed by atoms with Gasteiger partial charge in [-0.2, -0.15) is 13.9 Å². The van der Waals surface area contributed by atoms with Gasteiger partial charge in [-0.05, 0) is 54.3 Å². The van der Waals surface area contributed by atoms with Crippen molar-refractivity contribution in [2.75, 3.05) is 18.2 Å². The number of fused-ring (bicyclic) bond motifs is 1. The van der Waals surface area contributed by atoms with Gasteiger partial charge in [-0.1, -0.05) is 12.1 Å². The van der Waals surface area contributed by atoms with Gasteiger partial charge in [0.15, 0.2) is 27.3 Å². The normalized spacial score (nSPS) is 12.7. The first-order valence-corrected chi connectivity index (χ1v) is 15.2. The average molecular weight is 649 g/mol. The van der Waals surface area contributed by atoms with Crippen LogP contribution >= 0.6 is 0 Å². The Morgan fingerprint density at radius 2 is 1.87 bits per heavy atom. The fourth-order valence-corrected chi connectivity index (χ4v) is 6.25. The number of nitrogen functional groups attached to an aromatic ring is 1. The van der Waals surface area contributed by atoms with E-state index >= 15 is 0 Å². The molecular formula is C30H25F5N4O5S. The number of Topliss-reactive ketones (excluding diaryl/α,β-unsaturated/α-hetero) is 1. The molecule has 0 atom stereocenters. The number of carbonyl (C=O) groups excluding carboxylic acids is 1. The number of benzene rings is 2. The van der Waals surface area contributed by atoms with E-state index in [1.54, 1.807) is 6.92 Å². The minimum absolute atomic E-state index is 0.0280. The standard InChI is InChI=1S/C30H25F5N4O5S/c1-16-8-26(44-28-22(32)4-2-5-23(28)33)37-14-24(16)39-29(36)21(13-38-39)27(40)19-9-17-11-20(15-45(41,42)7-3-6-31)25(43-30(34)35)12-18(17)10-19/h2,4-5,8,10-14,30H,3,6-7,9,15,36H2,1H3. The number of pyridine rings is 1. The zero-order chi connectivity index (χ0) is 32.5. The molecule has 0 radical (unpaired) electrons. The minimum Gasteiger partial charge on any atom is -0.434 e. The maximum absolute atomic E-state index is 14.0.